The summed E-state index contributed by atoms with van der Waals surface area (Å²) in [6.45, 7) is 13.8. The summed E-state index contributed by atoms with van der Waals surface area (Å²) in [6.07, 6.45) is 2.85. The molecule has 2 nitrogen and oxygen atoms in total. The highest BCUT2D eigenvalue weighted by Crippen LogP contribution is 2.25. The van der Waals surface area contributed by atoms with Gasteiger partial charge in [0, 0.05) is 12.6 Å². The van der Waals surface area contributed by atoms with E-state index in [4.69, 9.17) is 4.74 Å². The van der Waals surface area contributed by atoms with E-state index in [0.29, 0.717) is 12.6 Å². The minimum absolute atomic E-state index is 0. The van der Waals surface area contributed by atoms with E-state index in [1.807, 2.05) is 6.08 Å². The molecule has 0 aliphatic rings. The number of halogens is 1. The predicted molar refractivity (Wildman–Crippen MR) is 85.7 cm³/mol. The van der Waals surface area contributed by atoms with Crippen molar-refractivity contribution in [3.05, 3.63) is 41.5 Å². The minimum Gasteiger partial charge on any atom is -0.492 e. The van der Waals surface area contributed by atoms with Gasteiger partial charge in [0.05, 0.1) is 0 Å². The van der Waals surface area contributed by atoms with Crippen molar-refractivity contribution >= 4 is 12.4 Å². The Hall–Kier alpha value is -0.990. The van der Waals surface area contributed by atoms with Gasteiger partial charge in [-0.2, -0.15) is 0 Å². The van der Waals surface area contributed by atoms with Crippen molar-refractivity contribution in [1.29, 1.82) is 0 Å². The molecule has 0 amide bonds. The first-order valence-corrected chi connectivity index (χ1v) is 6.61. The van der Waals surface area contributed by atoms with E-state index in [9.17, 15) is 0 Å². The molecule has 0 radical (unpaired) electrons. The second-order valence-corrected chi connectivity index (χ2v) is 5.01. The molecule has 0 bridgehead atoms. The van der Waals surface area contributed by atoms with E-state index < -0.39 is 0 Å². The number of aryl methyl sites for hydroxylation is 2. The van der Waals surface area contributed by atoms with Crippen molar-refractivity contribution in [3.63, 3.8) is 0 Å². The normalized spacial score (nSPS) is 10.2. The monoisotopic (exact) mass is 283 g/mol. The highest BCUT2D eigenvalue weighted by Gasteiger charge is 2.06. The molecule has 0 saturated carbocycles. The zero-order valence-electron chi connectivity index (χ0n) is 12.5. The molecule has 1 rings (SSSR count). The molecule has 3 heteroatoms. The van der Waals surface area contributed by atoms with Gasteiger partial charge in [-0.3, -0.25) is 0 Å². The first-order chi connectivity index (χ1) is 8.54. The van der Waals surface area contributed by atoms with Gasteiger partial charge in [0.1, 0.15) is 12.4 Å². The van der Waals surface area contributed by atoms with Crippen LogP contribution in [-0.4, -0.2) is 19.2 Å². The summed E-state index contributed by atoms with van der Waals surface area (Å²) in [7, 11) is 0. The molecular weight excluding hydrogens is 258 g/mol. The van der Waals surface area contributed by atoms with Gasteiger partial charge >= 0.3 is 0 Å². The molecule has 0 aromatic heterocycles. The van der Waals surface area contributed by atoms with Crippen molar-refractivity contribution in [3.8, 4) is 5.75 Å². The lowest BCUT2D eigenvalue weighted by molar-refractivity contribution is 0.305. The number of hydrogen-bond acceptors (Lipinski definition) is 2. The Morgan fingerprint density at radius 2 is 1.84 bits per heavy atom. The zero-order valence-corrected chi connectivity index (χ0v) is 13.3. The minimum atomic E-state index is 0. The van der Waals surface area contributed by atoms with E-state index in [2.05, 4.69) is 51.7 Å². The van der Waals surface area contributed by atoms with Crippen LogP contribution in [0.1, 0.15) is 30.5 Å². The van der Waals surface area contributed by atoms with E-state index in [-0.39, 0.29) is 12.4 Å². The summed E-state index contributed by atoms with van der Waals surface area (Å²) in [5, 5.41) is 3.35. The molecule has 108 valence electrons. The van der Waals surface area contributed by atoms with E-state index in [1.165, 1.54) is 16.7 Å². The SMILES string of the molecule is C=CCc1cc(C)c(OCCNC(C)C)c(C)c1.Cl. The van der Waals surface area contributed by atoms with E-state index in [1.54, 1.807) is 0 Å². The second-order valence-electron chi connectivity index (χ2n) is 5.01. The molecule has 0 fully saturated rings. The third-order valence-electron chi connectivity index (χ3n) is 2.80. The summed E-state index contributed by atoms with van der Waals surface area (Å²) < 4.78 is 5.86. The number of ether oxygens (including phenoxy) is 1. The summed E-state index contributed by atoms with van der Waals surface area (Å²) in [5.74, 6) is 1.02. The Bertz CT molecular complexity index is 379. The van der Waals surface area contributed by atoms with Crippen LogP contribution in [0.25, 0.3) is 0 Å². The molecule has 0 heterocycles. The maximum atomic E-state index is 5.86. The topological polar surface area (TPSA) is 21.3 Å². The van der Waals surface area contributed by atoms with Crippen LogP contribution in [-0.2, 0) is 6.42 Å². The highest BCUT2D eigenvalue weighted by molar-refractivity contribution is 5.85. The van der Waals surface area contributed by atoms with Crippen molar-refractivity contribution < 1.29 is 4.74 Å². The predicted octanol–water partition coefficient (Wildman–Crippen LogP) is 3.83. The Labute approximate surface area is 123 Å². The van der Waals surface area contributed by atoms with Crippen LogP contribution < -0.4 is 10.1 Å². The average molecular weight is 284 g/mol. The highest BCUT2D eigenvalue weighted by atomic mass is 35.5. The number of nitrogens with one attached hydrogen (secondary N) is 1. The number of allylic oxidation sites excluding steroid dienone is 1. The average Bonchev–Trinajstić information content (AvgIpc) is 2.27. The van der Waals surface area contributed by atoms with Crippen molar-refractivity contribution in [2.45, 2.75) is 40.2 Å². The van der Waals surface area contributed by atoms with Crippen LogP contribution in [0.4, 0.5) is 0 Å². The third kappa shape index (κ3) is 6.13. The van der Waals surface area contributed by atoms with Crippen molar-refractivity contribution in [2.24, 2.45) is 0 Å². The van der Waals surface area contributed by atoms with Crippen LogP contribution >= 0.6 is 12.4 Å². The Morgan fingerprint density at radius 3 is 2.32 bits per heavy atom. The summed E-state index contributed by atoms with van der Waals surface area (Å²) in [4.78, 5) is 0. The molecule has 0 saturated heterocycles. The quantitative estimate of drug-likeness (QED) is 0.607. The third-order valence-corrected chi connectivity index (χ3v) is 2.80. The van der Waals surface area contributed by atoms with E-state index in [0.717, 1.165) is 18.7 Å². The smallest absolute Gasteiger partial charge is 0.125 e. The lowest BCUT2D eigenvalue weighted by Crippen LogP contribution is -2.27. The van der Waals surface area contributed by atoms with Crippen LogP contribution in [0.3, 0.4) is 0 Å². The van der Waals surface area contributed by atoms with Crippen molar-refractivity contribution in [2.75, 3.05) is 13.2 Å². The molecule has 1 aromatic carbocycles. The Kier molecular flexibility index (Phi) is 8.53. The Morgan fingerprint density at radius 1 is 1.26 bits per heavy atom. The zero-order chi connectivity index (χ0) is 13.5. The van der Waals surface area contributed by atoms with Gasteiger partial charge in [-0.05, 0) is 37.0 Å². The maximum Gasteiger partial charge on any atom is 0.125 e. The Balaban J connectivity index is 0.00000324. The first-order valence-electron chi connectivity index (χ1n) is 6.61. The van der Waals surface area contributed by atoms with Gasteiger partial charge in [-0.15, -0.1) is 19.0 Å². The largest absolute Gasteiger partial charge is 0.492 e. The van der Waals surface area contributed by atoms with Gasteiger partial charge < -0.3 is 10.1 Å². The molecule has 0 unspecified atom stereocenters. The molecule has 0 spiro atoms. The lowest BCUT2D eigenvalue weighted by Gasteiger charge is -2.15. The molecule has 0 aliphatic heterocycles. The molecule has 19 heavy (non-hydrogen) atoms. The summed E-state index contributed by atoms with van der Waals surface area (Å²) in [6, 6.07) is 4.87. The molecule has 0 aliphatic carbocycles. The second kappa shape index (κ2) is 9.00. The fourth-order valence-corrected chi connectivity index (χ4v) is 2.05. The maximum absolute atomic E-state index is 5.86. The van der Waals surface area contributed by atoms with Crippen LogP contribution in [0.15, 0.2) is 24.8 Å². The van der Waals surface area contributed by atoms with Gasteiger partial charge in [0.2, 0.25) is 0 Å². The number of hydrogen-bond donors (Lipinski definition) is 1. The van der Waals surface area contributed by atoms with Crippen LogP contribution in [0.2, 0.25) is 0 Å². The van der Waals surface area contributed by atoms with Gasteiger partial charge in [0.15, 0.2) is 0 Å². The van der Waals surface area contributed by atoms with Gasteiger partial charge in [0.25, 0.3) is 0 Å². The van der Waals surface area contributed by atoms with Crippen LogP contribution in [0, 0.1) is 13.8 Å². The molecule has 1 N–H and O–H groups in total. The van der Waals surface area contributed by atoms with E-state index >= 15 is 0 Å². The summed E-state index contributed by atoms with van der Waals surface area (Å²) in [5.41, 5.74) is 3.71. The fourth-order valence-electron chi connectivity index (χ4n) is 2.05. The number of rotatable bonds is 7. The van der Waals surface area contributed by atoms with Gasteiger partial charge in [-0.1, -0.05) is 32.1 Å². The lowest BCUT2D eigenvalue weighted by atomic mass is 10.0. The summed E-state index contributed by atoms with van der Waals surface area (Å²) >= 11 is 0. The molecule has 0 atom stereocenters. The first kappa shape index (κ1) is 18.0. The van der Waals surface area contributed by atoms with Crippen molar-refractivity contribution in [1.82, 2.24) is 5.32 Å². The standard InChI is InChI=1S/C16H25NO.ClH/c1-6-7-15-10-13(4)16(14(5)11-15)18-9-8-17-12(2)3;/h6,10-12,17H,1,7-9H2,2-5H3;1H. The number of benzene rings is 1. The van der Waals surface area contributed by atoms with Crippen LogP contribution in [0.5, 0.6) is 5.75 Å². The van der Waals surface area contributed by atoms with Gasteiger partial charge in [-0.25, -0.2) is 0 Å². The molecule has 1 aromatic rings. The molecular formula is C16H26ClNO. The fraction of sp³-hybridized carbons (Fsp3) is 0.500.